The average molecular weight is 437 g/mol. The number of carbonyl (C=O) groups is 1. The molecule has 2 aromatic carbocycles. The molecule has 1 saturated carbocycles. The summed E-state index contributed by atoms with van der Waals surface area (Å²) in [7, 11) is 0. The Bertz CT molecular complexity index is 1100. The first kappa shape index (κ1) is 21.4. The van der Waals surface area contributed by atoms with E-state index in [-0.39, 0.29) is 24.3 Å². The predicted octanol–water partition coefficient (Wildman–Crippen LogP) is 3.48. The van der Waals surface area contributed by atoms with Gasteiger partial charge in [0.25, 0.3) is 0 Å². The van der Waals surface area contributed by atoms with Crippen LogP contribution in [0.1, 0.15) is 55.4 Å². The van der Waals surface area contributed by atoms with Gasteiger partial charge in [-0.2, -0.15) is 5.26 Å². The van der Waals surface area contributed by atoms with Crippen molar-refractivity contribution in [3.8, 4) is 6.07 Å². The van der Waals surface area contributed by atoms with Gasteiger partial charge in [-0.1, -0.05) is 41.9 Å². The van der Waals surface area contributed by atoms with Gasteiger partial charge < -0.3 is 10.8 Å². The normalized spacial score (nSPS) is 28.0. The Labute approximate surface area is 187 Å². The Morgan fingerprint density at radius 2 is 1.94 bits per heavy atom. The van der Waals surface area contributed by atoms with Crippen molar-refractivity contribution in [2.75, 3.05) is 0 Å². The molecule has 6 nitrogen and oxygen atoms in total. The molecule has 1 atom stereocenters. The lowest BCUT2D eigenvalue weighted by molar-refractivity contribution is -0.138. The van der Waals surface area contributed by atoms with Gasteiger partial charge in [0, 0.05) is 11.1 Å². The number of carbonyl (C=O) groups excluding carboxylic acids is 1. The van der Waals surface area contributed by atoms with E-state index in [1.54, 1.807) is 19.1 Å². The third kappa shape index (κ3) is 4.04. The van der Waals surface area contributed by atoms with Crippen molar-refractivity contribution in [3.63, 3.8) is 0 Å². The highest BCUT2D eigenvalue weighted by molar-refractivity contribution is 6.32. The molecule has 1 heterocycles. The summed E-state index contributed by atoms with van der Waals surface area (Å²) in [5, 5.41) is 19.6. The number of nitriles is 1. The highest BCUT2D eigenvalue weighted by Gasteiger charge is 2.48. The van der Waals surface area contributed by atoms with E-state index in [9.17, 15) is 9.90 Å². The molecule has 0 saturated heterocycles. The fourth-order valence-corrected chi connectivity index (χ4v) is 4.98. The summed E-state index contributed by atoms with van der Waals surface area (Å²) in [5.41, 5.74) is 7.94. The number of rotatable bonds is 4. The number of benzene rings is 2. The minimum Gasteiger partial charge on any atom is -0.390 e. The molecule has 1 fully saturated rings. The fourth-order valence-electron chi connectivity index (χ4n) is 4.59. The molecule has 0 aromatic heterocycles. The van der Waals surface area contributed by atoms with Crippen molar-refractivity contribution in [2.24, 2.45) is 10.7 Å². The van der Waals surface area contributed by atoms with Crippen LogP contribution in [0.5, 0.6) is 0 Å². The minimum absolute atomic E-state index is 0.107. The van der Waals surface area contributed by atoms with Gasteiger partial charge in [0.2, 0.25) is 5.91 Å². The van der Waals surface area contributed by atoms with Crippen molar-refractivity contribution >= 4 is 23.5 Å². The number of aliphatic imine (C=N–C) groups is 1. The molecule has 2 aromatic rings. The largest absolute Gasteiger partial charge is 0.390 e. The first-order valence-electron chi connectivity index (χ1n) is 10.3. The van der Waals surface area contributed by atoms with Crippen molar-refractivity contribution in [2.45, 2.75) is 56.7 Å². The number of nitrogens with two attached hydrogens (primary N) is 1. The summed E-state index contributed by atoms with van der Waals surface area (Å²) in [6, 6.07) is 15.1. The Balaban J connectivity index is 1.62. The topological polar surface area (TPSA) is 103 Å². The van der Waals surface area contributed by atoms with Crippen LogP contribution in [0.3, 0.4) is 0 Å². The summed E-state index contributed by atoms with van der Waals surface area (Å²) in [5.74, 6) is 0.0666. The summed E-state index contributed by atoms with van der Waals surface area (Å²) >= 11 is 6.79. The number of amides is 1. The highest BCUT2D eigenvalue weighted by Crippen LogP contribution is 2.42. The maximum atomic E-state index is 13.0. The van der Waals surface area contributed by atoms with Crippen LogP contribution in [0.2, 0.25) is 5.02 Å². The molecule has 1 aliphatic carbocycles. The van der Waals surface area contributed by atoms with E-state index in [2.05, 4.69) is 6.07 Å². The summed E-state index contributed by atoms with van der Waals surface area (Å²) in [4.78, 5) is 19.2. The summed E-state index contributed by atoms with van der Waals surface area (Å²) in [6.07, 6.45) is 1.75. The molecule has 0 radical (unpaired) electrons. The number of hydrogen-bond donors (Lipinski definition) is 2. The Hall–Kier alpha value is -2.88. The minimum atomic E-state index is -0.859. The lowest BCUT2D eigenvalue weighted by atomic mass is 9.75. The first-order valence-corrected chi connectivity index (χ1v) is 10.7. The Morgan fingerprint density at radius 3 is 2.52 bits per heavy atom. The monoisotopic (exact) mass is 436 g/mol. The summed E-state index contributed by atoms with van der Waals surface area (Å²) in [6.45, 7) is 3.63. The third-order valence-corrected chi connectivity index (χ3v) is 6.67. The molecule has 7 heteroatoms. The van der Waals surface area contributed by atoms with E-state index in [1.165, 1.54) is 4.90 Å². The van der Waals surface area contributed by atoms with Gasteiger partial charge >= 0.3 is 0 Å². The maximum Gasteiger partial charge on any atom is 0.232 e. The van der Waals surface area contributed by atoms with Crippen LogP contribution in [-0.2, 0) is 16.8 Å². The van der Waals surface area contributed by atoms with E-state index in [4.69, 9.17) is 27.6 Å². The van der Waals surface area contributed by atoms with Gasteiger partial charge in [0.15, 0.2) is 5.96 Å². The number of hydrogen-bond acceptors (Lipinski definition) is 5. The second-order valence-corrected chi connectivity index (χ2v) is 9.39. The highest BCUT2D eigenvalue weighted by atomic mass is 35.5. The average Bonchev–Trinajstić information content (AvgIpc) is 2.68. The molecule has 3 N–H and O–H groups in total. The maximum absolute atomic E-state index is 13.0. The number of halogens is 1. The van der Waals surface area contributed by atoms with E-state index in [0.717, 1.165) is 16.7 Å². The lowest BCUT2D eigenvalue weighted by Crippen LogP contribution is -2.61. The Kier molecular flexibility index (Phi) is 5.28. The zero-order chi connectivity index (χ0) is 22.4. The molecule has 160 valence electrons. The zero-order valence-corrected chi connectivity index (χ0v) is 18.4. The fraction of sp³-hybridized carbons (Fsp3) is 0.375. The smallest absolute Gasteiger partial charge is 0.232 e. The number of aliphatic hydroxyl groups is 1. The van der Waals surface area contributed by atoms with Crippen molar-refractivity contribution in [1.82, 2.24) is 4.90 Å². The molecule has 2 aliphatic rings. The number of nitrogens with zero attached hydrogens (tertiary/aromatic N) is 3. The van der Waals surface area contributed by atoms with E-state index in [1.807, 2.05) is 37.3 Å². The van der Waals surface area contributed by atoms with Crippen LogP contribution >= 0.6 is 11.6 Å². The van der Waals surface area contributed by atoms with Gasteiger partial charge in [-0.05, 0) is 61.9 Å². The Morgan fingerprint density at radius 1 is 1.26 bits per heavy atom. The molecule has 1 amide bonds. The molecular formula is C24H25ClN4O2. The van der Waals surface area contributed by atoms with E-state index >= 15 is 0 Å². The van der Waals surface area contributed by atoms with Crippen molar-refractivity contribution < 1.29 is 9.90 Å². The SMILES string of the molecule is CC1(O)CC(N2C(=O)C[C@@](C)(c3cccc(Cc4ccc(C#N)cc4)c3Cl)N=C2N)C1. The summed E-state index contributed by atoms with van der Waals surface area (Å²) < 4.78 is 0. The van der Waals surface area contributed by atoms with E-state index < -0.39 is 11.1 Å². The molecule has 0 bridgehead atoms. The second-order valence-electron chi connectivity index (χ2n) is 9.01. The second kappa shape index (κ2) is 7.67. The molecular weight excluding hydrogens is 412 g/mol. The number of guanidine groups is 1. The lowest BCUT2D eigenvalue weighted by Gasteiger charge is -2.48. The van der Waals surface area contributed by atoms with Gasteiger partial charge in [-0.15, -0.1) is 0 Å². The zero-order valence-electron chi connectivity index (χ0n) is 17.6. The third-order valence-electron chi connectivity index (χ3n) is 6.22. The van der Waals surface area contributed by atoms with Crippen molar-refractivity contribution in [3.05, 3.63) is 69.7 Å². The van der Waals surface area contributed by atoms with Crippen molar-refractivity contribution in [1.29, 1.82) is 5.26 Å². The van der Waals surface area contributed by atoms with E-state index in [0.29, 0.717) is 29.8 Å². The van der Waals surface area contributed by atoms with Gasteiger partial charge in [0.05, 0.1) is 29.2 Å². The van der Waals surface area contributed by atoms with Crippen LogP contribution < -0.4 is 5.73 Å². The van der Waals surface area contributed by atoms with Crippen LogP contribution in [0, 0.1) is 11.3 Å². The van der Waals surface area contributed by atoms with Crippen LogP contribution in [-0.4, -0.2) is 33.5 Å². The standard InChI is InChI=1S/C24H25ClN4O2/c1-23(31)11-18(12-23)29-20(30)13-24(2,28-22(29)27)19-5-3-4-17(21(19)25)10-15-6-8-16(14-26)9-7-15/h3-9,18,31H,10-13H2,1-2H3,(H2,27,28)/t18?,23?,24-/m0/s1. The quantitative estimate of drug-likeness (QED) is 0.765. The van der Waals surface area contributed by atoms with Crippen LogP contribution in [0.25, 0.3) is 0 Å². The molecule has 31 heavy (non-hydrogen) atoms. The molecule has 1 aliphatic heterocycles. The molecule has 0 unspecified atom stereocenters. The molecule has 4 rings (SSSR count). The van der Waals surface area contributed by atoms with Gasteiger partial charge in [-0.25, -0.2) is 4.99 Å². The van der Waals surface area contributed by atoms with Gasteiger partial charge in [-0.3, -0.25) is 9.69 Å². The van der Waals surface area contributed by atoms with Gasteiger partial charge in [0.1, 0.15) is 0 Å². The molecule has 0 spiro atoms. The predicted molar refractivity (Wildman–Crippen MR) is 119 cm³/mol. The first-order chi connectivity index (χ1) is 14.6. The van der Waals surface area contributed by atoms with Crippen LogP contribution in [0.15, 0.2) is 47.5 Å². The van der Waals surface area contributed by atoms with Crippen LogP contribution in [0.4, 0.5) is 0 Å².